The van der Waals surface area contributed by atoms with Crippen LogP contribution in [0.4, 0.5) is 13.2 Å². The first-order valence-electron chi connectivity index (χ1n) is 11.3. The highest BCUT2D eigenvalue weighted by Crippen LogP contribution is 2.41. The number of rotatable bonds is 6. The Labute approximate surface area is 214 Å². The largest absolute Gasteiger partial charge is 0.451 e. The van der Waals surface area contributed by atoms with Gasteiger partial charge in [0.1, 0.15) is 5.01 Å². The van der Waals surface area contributed by atoms with Crippen molar-refractivity contribution in [2.24, 2.45) is 5.41 Å². The van der Waals surface area contributed by atoms with Crippen LogP contribution in [0, 0.1) is 12.3 Å². The lowest BCUT2D eigenvalue weighted by molar-refractivity contribution is -0.145. The van der Waals surface area contributed by atoms with Gasteiger partial charge in [-0.3, -0.25) is 4.79 Å². The molecule has 1 spiro atoms. The van der Waals surface area contributed by atoms with Gasteiger partial charge in [0.2, 0.25) is 15.8 Å². The summed E-state index contributed by atoms with van der Waals surface area (Å²) in [5.41, 5.74) is 0.657. The summed E-state index contributed by atoms with van der Waals surface area (Å²) in [4.78, 5) is 24.8. The average Bonchev–Trinajstić information content (AvgIpc) is 3.51. The number of carbonyl (C=O) groups is 1. The number of nitrogens with zero attached hydrogens (tertiary/aromatic N) is 4. The molecular formula is C23H22F3N5O4S2. The van der Waals surface area contributed by atoms with Crippen LogP contribution in [-0.4, -0.2) is 59.9 Å². The number of ether oxygens (including phenoxy) is 1. The van der Waals surface area contributed by atoms with E-state index in [9.17, 15) is 26.4 Å². The number of amides is 1. The number of nitrogens with one attached hydrogen (secondary N) is 1. The van der Waals surface area contributed by atoms with Crippen molar-refractivity contribution in [3.05, 3.63) is 58.6 Å². The standard InChI is InChI=1S/C23H22F3N5O4S2/c1-14-7-28-20(36-14)17-4-16(19(32)27-8-15-9-29-21(30-10-15)23(24,25)26)5-18(6-17)37(33,34)31-11-22(12-31)2-3-35-13-22/h4-7,9-10H,2-3,8,11-13H2,1H3,(H,27,32). The number of thiazole rings is 1. The molecule has 0 bridgehead atoms. The molecule has 0 atom stereocenters. The summed E-state index contributed by atoms with van der Waals surface area (Å²) in [6.45, 7) is 3.57. The van der Waals surface area contributed by atoms with Crippen molar-refractivity contribution in [1.29, 1.82) is 0 Å². The van der Waals surface area contributed by atoms with E-state index in [0.29, 0.717) is 36.9 Å². The maximum absolute atomic E-state index is 13.4. The van der Waals surface area contributed by atoms with Gasteiger partial charge in [-0.15, -0.1) is 11.3 Å². The third-order valence-corrected chi connectivity index (χ3v) is 9.03. The monoisotopic (exact) mass is 553 g/mol. The molecule has 0 radical (unpaired) electrons. The highest BCUT2D eigenvalue weighted by molar-refractivity contribution is 7.89. The Hall–Kier alpha value is -2.94. The molecule has 0 unspecified atom stereocenters. The molecule has 2 aromatic heterocycles. The molecule has 1 N–H and O–H groups in total. The van der Waals surface area contributed by atoms with Gasteiger partial charge in [0, 0.05) is 71.8 Å². The lowest BCUT2D eigenvalue weighted by Gasteiger charge is -2.45. The number of alkyl halides is 3. The number of sulfonamides is 1. The first-order chi connectivity index (χ1) is 17.5. The summed E-state index contributed by atoms with van der Waals surface area (Å²) in [6, 6.07) is 4.34. The zero-order valence-electron chi connectivity index (χ0n) is 19.6. The molecule has 37 heavy (non-hydrogen) atoms. The number of aryl methyl sites for hydroxylation is 1. The van der Waals surface area contributed by atoms with Crippen molar-refractivity contribution >= 4 is 27.3 Å². The summed E-state index contributed by atoms with van der Waals surface area (Å²) < 4.78 is 71.8. The van der Waals surface area contributed by atoms with Crippen molar-refractivity contribution in [3.8, 4) is 10.6 Å². The van der Waals surface area contributed by atoms with E-state index in [2.05, 4.69) is 20.3 Å². The molecule has 9 nitrogen and oxygen atoms in total. The fourth-order valence-electron chi connectivity index (χ4n) is 4.29. The van der Waals surface area contributed by atoms with Crippen LogP contribution in [0.1, 0.15) is 33.0 Å². The number of hydrogen-bond donors (Lipinski definition) is 1. The number of benzene rings is 1. The van der Waals surface area contributed by atoms with Crippen molar-refractivity contribution < 1.29 is 31.1 Å². The molecule has 2 saturated heterocycles. The Bertz CT molecular complexity index is 1430. The van der Waals surface area contributed by atoms with Gasteiger partial charge in [-0.2, -0.15) is 17.5 Å². The predicted octanol–water partition coefficient (Wildman–Crippen LogP) is 3.27. The van der Waals surface area contributed by atoms with Gasteiger partial charge in [0.15, 0.2) is 0 Å². The quantitative estimate of drug-likeness (QED) is 0.498. The van der Waals surface area contributed by atoms with Crippen LogP contribution in [-0.2, 0) is 27.5 Å². The molecule has 3 aromatic rings. The van der Waals surface area contributed by atoms with Gasteiger partial charge >= 0.3 is 6.18 Å². The Morgan fingerprint density at radius 1 is 1.16 bits per heavy atom. The molecule has 196 valence electrons. The minimum atomic E-state index is -4.67. The van der Waals surface area contributed by atoms with E-state index >= 15 is 0 Å². The third-order valence-electron chi connectivity index (χ3n) is 6.30. The summed E-state index contributed by atoms with van der Waals surface area (Å²) in [7, 11) is -3.88. The summed E-state index contributed by atoms with van der Waals surface area (Å²) >= 11 is 1.36. The fourth-order valence-corrected chi connectivity index (χ4v) is 6.78. The van der Waals surface area contributed by atoms with E-state index in [1.54, 1.807) is 6.20 Å². The highest BCUT2D eigenvalue weighted by Gasteiger charge is 2.50. The van der Waals surface area contributed by atoms with Crippen LogP contribution < -0.4 is 5.32 Å². The number of aromatic nitrogens is 3. The molecule has 0 aliphatic carbocycles. The number of carbonyl (C=O) groups excluding carboxylic acids is 1. The second kappa shape index (κ2) is 9.42. The molecular weight excluding hydrogens is 531 g/mol. The maximum Gasteiger partial charge on any atom is 0.451 e. The maximum atomic E-state index is 13.4. The van der Waals surface area contributed by atoms with Crippen molar-refractivity contribution in [2.75, 3.05) is 26.3 Å². The zero-order chi connectivity index (χ0) is 26.4. The summed E-state index contributed by atoms with van der Waals surface area (Å²) in [5.74, 6) is -1.88. The van der Waals surface area contributed by atoms with Crippen LogP contribution in [0.15, 0.2) is 41.7 Å². The molecule has 2 aliphatic rings. The van der Waals surface area contributed by atoms with Crippen molar-refractivity contribution in [3.63, 3.8) is 0 Å². The van der Waals surface area contributed by atoms with Crippen LogP contribution in [0.25, 0.3) is 10.6 Å². The van der Waals surface area contributed by atoms with Crippen molar-refractivity contribution in [2.45, 2.75) is 31.0 Å². The molecule has 14 heteroatoms. The minimum absolute atomic E-state index is 0.0327. The van der Waals surface area contributed by atoms with E-state index < -0.39 is 27.9 Å². The van der Waals surface area contributed by atoms with E-state index in [1.165, 1.54) is 33.8 Å². The summed E-state index contributed by atoms with van der Waals surface area (Å²) in [6.07, 6.45) is -0.247. The molecule has 0 saturated carbocycles. The number of hydrogen-bond acceptors (Lipinski definition) is 8. The normalized spacial score (nSPS) is 17.6. The first kappa shape index (κ1) is 25.7. The van der Waals surface area contributed by atoms with Gasteiger partial charge in [-0.1, -0.05) is 0 Å². The van der Waals surface area contributed by atoms with Gasteiger partial charge in [0.25, 0.3) is 5.91 Å². The van der Waals surface area contributed by atoms with Crippen LogP contribution in [0.3, 0.4) is 0 Å². The zero-order valence-corrected chi connectivity index (χ0v) is 21.2. The average molecular weight is 554 g/mol. The molecule has 5 rings (SSSR count). The van der Waals surface area contributed by atoms with E-state index in [0.717, 1.165) is 23.7 Å². The Balaban J connectivity index is 1.39. The fraction of sp³-hybridized carbons (Fsp3) is 0.391. The van der Waals surface area contributed by atoms with E-state index in [4.69, 9.17) is 4.74 Å². The SMILES string of the molecule is Cc1cnc(-c2cc(C(=O)NCc3cnc(C(F)(F)F)nc3)cc(S(=O)(=O)N3CC4(CCOC4)C3)c2)s1. The molecule has 1 aromatic carbocycles. The predicted molar refractivity (Wildman–Crippen MR) is 127 cm³/mol. The first-order valence-corrected chi connectivity index (χ1v) is 13.5. The third kappa shape index (κ3) is 5.23. The Morgan fingerprint density at radius 3 is 2.49 bits per heavy atom. The summed E-state index contributed by atoms with van der Waals surface area (Å²) in [5, 5.41) is 3.15. The van der Waals surface area contributed by atoms with Crippen molar-refractivity contribution in [1.82, 2.24) is 24.6 Å². The second-order valence-electron chi connectivity index (χ2n) is 9.19. The lowest BCUT2D eigenvalue weighted by atomic mass is 9.81. The van der Waals surface area contributed by atoms with Gasteiger partial charge in [-0.05, 0) is 31.5 Å². The van der Waals surface area contributed by atoms with E-state index in [-0.39, 0.29) is 28.0 Å². The van der Waals surface area contributed by atoms with Crippen LogP contribution in [0.2, 0.25) is 0 Å². The molecule has 2 fully saturated rings. The molecule has 2 aliphatic heterocycles. The molecule has 4 heterocycles. The lowest BCUT2D eigenvalue weighted by Crippen LogP contribution is -2.58. The Kier molecular flexibility index (Phi) is 6.54. The molecule has 1 amide bonds. The highest BCUT2D eigenvalue weighted by atomic mass is 32.2. The van der Waals surface area contributed by atoms with E-state index in [1.807, 2.05) is 6.92 Å². The van der Waals surface area contributed by atoms with Crippen LogP contribution in [0.5, 0.6) is 0 Å². The Morgan fingerprint density at radius 2 is 1.89 bits per heavy atom. The van der Waals surface area contributed by atoms with Crippen LogP contribution >= 0.6 is 11.3 Å². The number of halogens is 3. The van der Waals surface area contributed by atoms with Gasteiger partial charge in [0.05, 0.1) is 11.5 Å². The second-order valence-corrected chi connectivity index (χ2v) is 12.4. The van der Waals surface area contributed by atoms with Gasteiger partial charge < -0.3 is 10.1 Å². The topological polar surface area (TPSA) is 114 Å². The smallest absolute Gasteiger partial charge is 0.381 e. The van der Waals surface area contributed by atoms with Gasteiger partial charge in [-0.25, -0.2) is 23.4 Å². The minimum Gasteiger partial charge on any atom is -0.381 e.